The fourth-order valence-corrected chi connectivity index (χ4v) is 4.10. The number of carboxylic acids is 1. The maximum atomic E-state index is 14.0. The van der Waals surface area contributed by atoms with E-state index in [0.717, 1.165) is 28.9 Å². The van der Waals surface area contributed by atoms with E-state index in [9.17, 15) is 14.3 Å². The number of carboxylic acid groups (broad SMARTS) is 1. The molecule has 0 spiro atoms. The lowest BCUT2D eigenvalue weighted by atomic mass is 9.96. The van der Waals surface area contributed by atoms with Crippen LogP contribution in [0.5, 0.6) is 5.75 Å². The number of rotatable bonds is 7. The zero-order valence-electron chi connectivity index (χ0n) is 16.6. The summed E-state index contributed by atoms with van der Waals surface area (Å²) in [7, 11) is 0. The Morgan fingerprint density at radius 3 is 2.50 bits per heavy atom. The van der Waals surface area contributed by atoms with Gasteiger partial charge in [0.2, 0.25) is 0 Å². The Labute approximate surface area is 175 Å². The average Bonchev–Trinajstić information content (AvgIpc) is 3.24. The monoisotopic (exact) mass is 405 g/mol. The van der Waals surface area contributed by atoms with Crippen molar-refractivity contribution < 1.29 is 19.0 Å². The zero-order valence-corrected chi connectivity index (χ0v) is 16.6. The Kier molecular flexibility index (Phi) is 6.10. The molecule has 154 valence electrons. The van der Waals surface area contributed by atoms with Gasteiger partial charge in [-0.25, -0.2) is 4.39 Å². The standard InChI is InChI=1S/C25H24FNO3/c26-21-9-4-8-20(16-21)24(27-15-5-10-23(27)25(28)29)19-11-13-22(14-12-19)30-17-18-6-2-1-3-7-18/h1-4,6-9,11-14,16,23-24H,5,10,15,17H2,(H,28,29). The van der Waals surface area contributed by atoms with Gasteiger partial charge in [-0.05, 0) is 53.8 Å². The molecule has 1 fully saturated rings. The Morgan fingerprint density at radius 1 is 1.03 bits per heavy atom. The van der Waals surface area contributed by atoms with Gasteiger partial charge in [0.25, 0.3) is 0 Å². The topological polar surface area (TPSA) is 49.8 Å². The summed E-state index contributed by atoms with van der Waals surface area (Å²) in [5, 5.41) is 9.67. The van der Waals surface area contributed by atoms with Crippen LogP contribution in [-0.2, 0) is 11.4 Å². The predicted octanol–water partition coefficient (Wildman–Crippen LogP) is 5.04. The molecule has 0 aliphatic carbocycles. The number of carbonyl (C=O) groups is 1. The lowest BCUT2D eigenvalue weighted by Crippen LogP contribution is -2.39. The number of likely N-dealkylation sites (tertiary alicyclic amines) is 1. The van der Waals surface area contributed by atoms with E-state index < -0.39 is 12.0 Å². The molecule has 0 saturated carbocycles. The first-order chi connectivity index (χ1) is 14.6. The smallest absolute Gasteiger partial charge is 0.320 e. The summed E-state index contributed by atoms with van der Waals surface area (Å²) in [6, 6.07) is 23.1. The molecule has 0 amide bonds. The molecule has 1 aliphatic rings. The molecule has 1 saturated heterocycles. The van der Waals surface area contributed by atoms with Crippen LogP contribution in [0.1, 0.15) is 35.6 Å². The molecule has 1 heterocycles. The highest BCUT2D eigenvalue weighted by atomic mass is 19.1. The van der Waals surface area contributed by atoms with E-state index in [1.54, 1.807) is 6.07 Å². The molecule has 2 unspecified atom stereocenters. The molecule has 0 bridgehead atoms. The van der Waals surface area contributed by atoms with Gasteiger partial charge in [0.15, 0.2) is 0 Å². The first-order valence-corrected chi connectivity index (χ1v) is 10.1. The van der Waals surface area contributed by atoms with Gasteiger partial charge in [0.05, 0.1) is 6.04 Å². The van der Waals surface area contributed by atoms with Gasteiger partial charge in [-0.1, -0.05) is 54.6 Å². The molecule has 30 heavy (non-hydrogen) atoms. The molecule has 1 aliphatic heterocycles. The van der Waals surface area contributed by atoms with Crippen LogP contribution in [0.15, 0.2) is 78.9 Å². The summed E-state index contributed by atoms with van der Waals surface area (Å²) in [6.45, 7) is 1.13. The summed E-state index contributed by atoms with van der Waals surface area (Å²) in [4.78, 5) is 13.7. The minimum Gasteiger partial charge on any atom is -0.489 e. The molecular weight excluding hydrogens is 381 g/mol. The van der Waals surface area contributed by atoms with E-state index in [2.05, 4.69) is 0 Å². The molecule has 4 nitrogen and oxygen atoms in total. The Morgan fingerprint density at radius 2 is 1.80 bits per heavy atom. The van der Waals surface area contributed by atoms with E-state index >= 15 is 0 Å². The second kappa shape index (κ2) is 9.09. The van der Waals surface area contributed by atoms with Gasteiger partial charge < -0.3 is 9.84 Å². The van der Waals surface area contributed by atoms with Crippen molar-refractivity contribution in [3.8, 4) is 5.75 Å². The van der Waals surface area contributed by atoms with E-state index in [-0.39, 0.29) is 11.9 Å². The van der Waals surface area contributed by atoms with Crippen LogP contribution < -0.4 is 4.74 Å². The highest BCUT2D eigenvalue weighted by Crippen LogP contribution is 2.35. The minimum atomic E-state index is -0.836. The summed E-state index contributed by atoms with van der Waals surface area (Å²) < 4.78 is 19.8. The minimum absolute atomic E-state index is 0.326. The normalized spacial score (nSPS) is 17.6. The first kappa shape index (κ1) is 20.1. The van der Waals surface area contributed by atoms with Gasteiger partial charge in [0.1, 0.15) is 24.2 Å². The number of ether oxygens (including phenoxy) is 1. The van der Waals surface area contributed by atoms with Gasteiger partial charge >= 0.3 is 5.97 Å². The number of aliphatic carboxylic acids is 1. The van der Waals surface area contributed by atoms with Crippen molar-refractivity contribution in [1.82, 2.24) is 4.90 Å². The Balaban J connectivity index is 1.59. The maximum Gasteiger partial charge on any atom is 0.320 e. The highest BCUT2D eigenvalue weighted by Gasteiger charge is 2.36. The van der Waals surface area contributed by atoms with Crippen molar-refractivity contribution in [2.75, 3.05) is 6.54 Å². The summed E-state index contributed by atoms with van der Waals surface area (Å²) in [5.41, 5.74) is 2.75. The van der Waals surface area contributed by atoms with Gasteiger partial charge in [-0.3, -0.25) is 9.69 Å². The zero-order chi connectivity index (χ0) is 20.9. The SMILES string of the molecule is O=C(O)C1CCCN1C(c1ccc(OCc2ccccc2)cc1)c1cccc(F)c1. The second-order valence-corrected chi connectivity index (χ2v) is 7.53. The average molecular weight is 405 g/mol. The summed E-state index contributed by atoms with van der Waals surface area (Å²) in [5.74, 6) is -0.431. The molecule has 4 rings (SSSR count). The maximum absolute atomic E-state index is 14.0. The lowest BCUT2D eigenvalue weighted by molar-refractivity contribution is -0.142. The van der Waals surface area contributed by atoms with E-state index in [0.29, 0.717) is 19.6 Å². The highest BCUT2D eigenvalue weighted by molar-refractivity contribution is 5.74. The van der Waals surface area contributed by atoms with Crippen LogP contribution in [0.2, 0.25) is 0 Å². The molecule has 2 atom stereocenters. The third kappa shape index (κ3) is 4.52. The van der Waals surface area contributed by atoms with E-state index in [1.165, 1.54) is 12.1 Å². The van der Waals surface area contributed by atoms with Crippen LogP contribution in [-0.4, -0.2) is 28.6 Å². The predicted molar refractivity (Wildman–Crippen MR) is 113 cm³/mol. The third-order valence-corrected chi connectivity index (χ3v) is 5.52. The largest absolute Gasteiger partial charge is 0.489 e. The van der Waals surface area contributed by atoms with Crippen molar-refractivity contribution in [1.29, 1.82) is 0 Å². The Hall–Kier alpha value is -3.18. The molecule has 3 aromatic rings. The van der Waals surface area contributed by atoms with E-state index in [4.69, 9.17) is 4.74 Å². The van der Waals surface area contributed by atoms with Gasteiger partial charge in [0, 0.05) is 6.54 Å². The van der Waals surface area contributed by atoms with Crippen molar-refractivity contribution in [3.05, 3.63) is 101 Å². The van der Waals surface area contributed by atoms with Gasteiger partial charge in [-0.15, -0.1) is 0 Å². The van der Waals surface area contributed by atoms with Crippen LogP contribution in [0.4, 0.5) is 4.39 Å². The number of hydrogen-bond donors (Lipinski definition) is 1. The van der Waals surface area contributed by atoms with E-state index in [1.807, 2.05) is 65.6 Å². The first-order valence-electron chi connectivity index (χ1n) is 10.1. The fourth-order valence-electron chi connectivity index (χ4n) is 4.10. The van der Waals surface area contributed by atoms with Gasteiger partial charge in [-0.2, -0.15) is 0 Å². The fraction of sp³-hybridized carbons (Fsp3) is 0.240. The second-order valence-electron chi connectivity index (χ2n) is 7.53. The van der Waals surface area contributed by atoms with Crippen LogP contribution in [0.3, 0.4) is 0 Å². The third-order valence-electron chi connectivity index (χ3n) is 5.52. The molecule has 1 N–H and O–H groups in total. The lowest BCUT2D eigenvalue weighted by Gasteiger charge is -2.32. The van der Waals surface area contributed by atoms with Crippen LogP contribution in [0, 0.1) is 5.82 Å². The number of hydrogen-bond acceptors (Lipinski definition) is 3. The van der Waals surface area contributed by atoms with Crippen molar-refractivity contribution in [2.45, 2.75) is 31.5 Å². The Bertz CT molecular complexity index is 991. The number of halogens is 1. The van der Waals surface area contributed by atoms with Crippen molar-refractivity contribution in [2.24, 2.45) is 0 Å². The van der Waals surface area contributed by atoms with Crippen LogP contribution in [0.25, 0.3) is 0 Å². The summed E-state index contributed by atoms with van der Waals surface area (Å²) >= 11 is 0. The molecular formula is C25H24FNO3. The van der Waals surface area contributed by atoms with Crippen molar-refractivity contribution in [3.63, 3.8) is 0 Å². The molecule has 0 aromatic heterocycles. The van der Waals surface area contributed by atoms with Crippen molar-refractivity contribution >= 4 is 5.97 Å². The van der Waals surface area contributed by atoms with Crippen LogP contribution >= 0.6 is 0 Å². The molecule has 0 radical (unpaired) electrons. The number of benzene rings is 3. The summed E-state index contributed by atoms with van der Waals surface area (Å²) in [6.07, 6.45) is 1.40. The quantitative estimate of drug-likeness (QED) is 0.598. The molecule has 5 heteroatoms. The number of nitrogens with zero attached hydrogens (tertiary/aromatic N) is 1. The molecule has 3 aromatic carbocycles.